The topological polar surface area (TPSA) is 83.7 Å². The second-order valence-electron chi connectivity index (χ2n) is 5.00. The molecule has 26 heavy (non-hydrogen) atoms. The smallest absolute Gasteiger partial charge is 0.387 e. The number of nitrogens with zero attached hydrogens (tertiary/aromatic N) is 2. The Kier molecular flexibility index (Phi) is 6.62. The van der Waals surface area contributed by atoms with Gasteiger partial charge in [-0.25, -0.2) is 5.43 Å². The first-order valence-corrected chi connectivity index (χ1v) is 7.50. The van der Waals surface area contributed by atoms with Crippen LogP contribution in [0.1, 0.15) is 18.1 Å². The summed E-state index contributed by atoms with van der Waals surface area (Å²) < 4.78 is 34.6. The normalized spacial score (nSPS) is 11.0. The van der Waals surface area contributed by atoms with E-state index in [1.165, 1.54) is 6.07 Å². The fraction of sp³-hybridized carbons (Fsp3) is 0.167. The summed E-state index contributed by atoms with van der Waals surface area (Å²) >= 11 is 0. The Balaban J connectivity index is 1.99. The van der Waals surface area contributed by atoms with Crippen LogP contribution in [0.15, 0.2) is 53.6 Å². The molecule has 1 N–H and O–H groups in total. The predicted octanol–water partition coefficient (Wildman–Crippen LogP) is 3.08. The number of hydrogen-bond acceptors (Lipinski definition) is 5. The summed E-state index contributed by atoms with van der Waals surface area (Å²) in [5.41, 5.74) is 3.18. The predicted molar refractivity (Wildman–Crippen MR) is 90.1 cm³/mol. The number of ether oxygens (including phenoxy) is 2. The molecule has 2 aromatic carbocycles. The first-order valence-electron chi connectivity index (χ1n) is 7.50. The summed E-state index contributed by atoms with van der Waals surface area (Å²) in [6, 6.07) is 14.5. The number of hydrazone groups is 1. The zero-order valence-corrected chi connectivity index (χ0v) is 13.8. The molecule has 0 bridgehead atoms. The van der Waals surface area contributed by atoms with Crippen molar-refractivity contribution in [3.63, 3.8) is 0 Å². The molecule has 2 rings (SSSR count). The largest absolute Gasteiger partial charge is 0.482 e. The molecule has 0 aromatic heterocycles. The highest BCUT2D eigenvalue weighted by molar-refractivity contribution is 6.01. The summed E-state index contributed by atoms with van der Waals surface area (Å²) in [6.07, 6.45) is 0. The number of nitrogens with one attached hydrogen (secondary N) is 1. The average Bonchev–Trinajstić information content (AvgIpc) is 2.64. The maximum absolute atomic E-state index is 12.4. The van der Waals surface area contributed by atoms with E-state index in [1.54, 1.807) is 49.4 Å². The van der Waals surface area contributed by atoms with Crippen LogP contribution in [0.2, 0.25) is 0 Å². The van der Waals surface area contributed by atoms with Crippen LogP contribution < -0.4 is 14.9 Å². The highest BCUT2D eigenvalue weighted by atomic mass is 19.3. The van der Waals surface area contributed by atoms with Crippen LogP contribution in [0.3, 0.4) is 0 Å². The monoisotopic (exact) mass is 359 g/mol. The van der Waals surface area contributed by atoms with Gasteiger partial charge in [-0.15, -0.1) is 0 Å². The van der Waals surface area contributed by atoms with Gasteiger partial charge in [-0.05, 0) is 31.2 Å². The van der Waals surface area contributed by atoms with E-state index in [0.717, 1.165) is 0 Å². The number of amides is 1. The van der Waals surface area contributed by atoms with Crippen molar-refractivity contribution in [2.24, 2.45) is 5.10 Å². The molecular weight excluding hydrogens is 344 g/mol. The Morgan fingerprint density at radius 3 is 2.54 bits per heavy atom. The fourth-order valence-corrected chi connectivity index (χ4v) is 2.03. The standard InChI is InChI=1S/C18H15F2N3O3/c1-12(14-7-3-5-9-16(14)26-18(19)20)22-23-17(24)11-25-15-8-4-2-6-13(15)10-21/h2-9,18H,11H2,1H3,(H,23,24)/b22-12+. The molecule has 1 amide bonds. The van der Waals surface area contributed by atoms with Crippen LogP contribution in [0.25, 0.3) is 0 Å². The molecule has 0 saturated carbocycles. The van der Waals surface area contributed by atoms with Crippen LogP contribution in [-0.4, -0.2) is 24.8 Å². The van der Waals surface area contributed by atoms with Gasteiger partial charge < -0.3 is 9.47 Å². The van der Waals surface area contributed by atoms with Gasteiger partial charge in [0.25, 0.3) is 5.91 Å². The molecule has 0 unspecified atom stereocenters. The molecule has 0 spiro atoms. The van der Waals surface area contributed by atoms with Gasteiger partial charge in [0.1, 0.15) is 17.6 Å². The number of carbonyl (C=O) groups excluding carboxylic acids is 1. The van der Waals surface area contributed by atoms with E-state index in [2.05, 4.69) is 15.3 Å². The first kappa shape index (κ1) is 18.9. The summed E-state index contributed by atoms with van der Waals surface area (Å²) in [4.78, 5) is 11.8. The van der Waals surface area contributed by atoms with E-state index in [4.69, 9.17) is 10.00 Å². The van der Waals surface area contributed by atoms with Gasteiger partial charge in [-0.3, -0.25) is 4.79 Å². The third-order valence-corrected chi connectivity index (χ3v) is 3.21. The Labute approximate surface area is 148 Å². The lowest BCUT2D eigenvalue weighted by Gasteiger charge is -2.10. The third-order valence-electron chi connectivity index (χ3n) is 3.21. The quantitative estimate of drug-likeness (QED) is 0.608. The molecular formula is C18H15F2N3O3. The van der Waals surface area contributed by atoms with Crippen LogP contribution >= 0.6 is 0 Å². The first-order chi connectivity index (χ1) is 12.5. The zero-order chi connectivity index (χ0) is 18.9. The van der Waals surface area contributed by atoms with Gasteiger partial charge >= 0.3 is 6.61 Å². The van der Waals surface area contributed by atoms with E-state index in [1.807, 2.05) is 6.07 Å². The molecule has 6 nitrogen and oxygen atoms in total. The summed E-state index contributed by atoms with van der Waals surface area (Å²) in [5.74, 6) is -0.330. The van der Waals surface area contributed by atoms with E-state index in [0.29, 0.717) is 11.1 Å². The molecule has 0 atom stereocenters. The number of nitriles is 1. The minimum Gasteiger partial charge on any atom is -0.482 e. The number of benzene rings is 2. The van der Waals surface area contributed by atoms with E-state index >= 15 is 0 Å². The molecule has 0 aliphatic carbocycles. The van der Waals surface area contributed by atoms with Crippen molar-refractivity contribution in [1.29, 1.82) is 5.26 Å². The molecule has 0 radical (unpaired) electrons. The lowest BCUT2D eigenvalue weighted by molar-refractivity contribution is -0.123. The van der Waals surface area contributed by atoms with Crippen molar-refractivity contribution in [3.05, 3.63) is 59.7 Å². The number of para-hydroxylation sites is 2. The van der Waals surface area contributed by atoms with Gasteiger partial charge in [0.15, 0.2) is 6.61 Å². The molecule has 8 heteroatoms. The van der Waals surface area contributed by atoms with Crippen molar-refractivity contribution < 1.29 is 23.0 Å². The van der Waals surface area contributed by atoms with E-state index in [-0.39, 0.29) is 23.8 Å². The highest BCUT2D eigenvalue weighted by Crippen LogP contribution is 2.21. The molecule has 2 aromatic rings. The molecule has 134 valence electrons. The van der Waals surface area contributed by atoms with Crippen molar-refractivity contribution in [1.82, 2.24) is 5.43 Å². The summed E-state index contributed by atoms with van der Waals surface area (Å²) in [7, 11) is 0. The lowest BCUT2D eigenvalue weighted by Crippen LogP contribution is -2.26. The van der Waals surface area contributed by atoms with Crippen LogP contribution in [0.5, 0.6) is 11.5 Å². The zero-order valence-electron chi connectivity index (χ0n) is 13.8. The Morgan fingerprint density at radius 1 is 1.19 bits per heavy atom. The molecule has 0 heterocycles. The van der Waals surface area contributed by atoms with E-state index in [9.17, 15) is 13.6 Å². The Morgan fingerprint density at radius 2 is 1.85 bits per heavy atom. The van der Waals surface area contributed by atoms with Crippen molar-refractivity contribution in [2.45, 2.75) is 13.5 Å². The van der Waals surface area contributed by atoms with Crippen molar-refractivity contribution in [2.75, 3.05) is 6.61 Å². The third kappa shape index (κ3) is 5.27. The number of carbonyl (C=O) groups is 1. The number of rotatable bonds is 7. The van der Waals surface area contributed by atoms with Crippen LogP contribution in [-0.2, 0) is 4.79 Å². The lowest BCUT2D eigenvalue weighted by atomic mass is 10.1. The summed E-state index contributed by atoms with van der Waals surface area (Å²) in [6.45, 7) is -1.78. The molecule has 0 saturated heterocycles. The van der Waals surface area contributed by atoms with Crippen LogP contribution in [0.4, 0.5) is 8.78 Å². The van der Waals surface area contributed by atoms with Gasteiger partial charge in [-0.1, -0.05) is 24.3 Å². The van der Waals surface area contributed by atoms with Crippen molar-refractivity contribution >= 4 is 11.6 Å². The Hall–Kier alpha value is -3.47. The second kappa shape index (κ2) is 9.13. The van der Waals surface area contributed by atoms with Crippen LogP contribution in [0, 0.1) is 11.3 Å². The molecule has 0 fully saturated rings. The SMILES string of the molecule is C/C(=N\NC(=O)COc1ccccc1C#N)c1ccccc1OC(F)F. The van der Waals surface area contributed by atoms with Gasteiger partial charge in [0.2, 0.25) is 0 Å². The fourth-order valence-electron chi connectivity index (χ4n) is 2.03. The second-order valence-corrected chi connectivity index (χ2v) is 5.00. The number of alkyl halides is 2. The van der Waals surface area contributed by atoms with Gasteiger partial charge in [0.05, 0.1) is 11.3 Å². The average molecular weight is 359 g/mol. The Bertz CT molecular complexity index is 848. The molecule has 0 aliphatic heterocycles. The minimum atomic E-state index is -2.97. The van der Waals surface area contributed by atoms with Crippen molar-refractivity contribution in [3.8, 4) is 17.6 Å². The van der Waals surface area contributed by atoms with Gasteiger partial charge in [0, 0.05) is 5.56 Å². The maximum atomic E-state index is 12.4. The number of halogens is 2. The van der Waals surface area contributed by atoms with Gasteiger partial charge in [-0.2, -0.15) is 19.1 Å². The number of hydrogen-bond donors (Lipinski definition) is 1. The maximum Gasteiger partial charge on any atom is 0.387 e. The minimum absolute atomic E-state index is 0.0443. The summed E-state index contributed by atoms with van der Waals surface area (Å²) in [5, 5.41) is 12.8. The molecule has 0 aliphatic rings. The highest BCUT2D eigenvalue weighted by Gasteiger charge is 2.12. The van der Waals surface area contributed by atoms with E-state index < -0.39 is 12.5 Å².